The van der Waals surface area contributed by atoms with E-state index in [9.17, 15) is 4.79 Å². The van der Waals surface area contributed by atoms with E-state index in [-0.39, 0.29) is 0 Å². The molecule has 0 aliphatic rings. The average Bonchev–Trinajstić information content (AvgIpc) is 2.59. The van der Waals surface area contributed by atoms with Crippen molar-refractivity contribution in [3.63, 3.8) is 0 Å². The fourth-order valence-corrected chi connectivity index (χ4v) is 2.14. The summed E-state index contributed by atoms with van der Waals surface area (Å²) in [5.74, 6) is 0. The molecule has 0 unspecified atom stereocenters. The number of carbonyl (C=O) groups is 1. The quantitative estimate of drug-likeness (QED) is 0.775. The largest absolute Gasteiger partial charge is 0.322 e. The highest BCUT2D eigenvalue weighted by Gasteiger charge is 2.16. The second-order valence-electron chi connectivity index (χ2n) is 3.51. The molecule has 0 saturated heterocycles. The average molecular weight is 289 g/mol. The van der Waals surface area contributed by atoms with Crippen LogP contribution in [0.1, 0.15) is 16.1 Å². The summed E-state index contributed by atoms with van der Waals surface area (Å²) >= 11 is 17.4. The second kappa shape index (κ2) is 5.13. The number of rotatable bonds is 3. The minimum atomic E-state index is -0.574. The third-order valence-corrected chi connectivity index (χ3v) is 3.36. The molecule has 0 N–H and O–H groups in total. The van der Waals surface area contributed by atoms with Gasteiger partial charge in [0.25, 0.3) is 5.24 Å². The fourth-order valence-electron chi connectivity index (χ4n) is 1.58. The van der Waals surface area contributed by atoms with Gasteiger partial charge >= 0.3 is 0 Å². The monoisotopic (exact) mass is 287 g/mol. The molecule has 0 saturated carbocycles. The van der Waals surface area contributed by atoms with Gasteiger partial charge < -0.3 is 4.57 Å². The van der Waals surface area contributed by atoms with Gasteiger partial charge in [0.2, 0.25) is 0 Å². The van der Waals surface area contributed by atoms with Gasteiger partial charge in [0, 0.05) is 6.54 Å². The van der Waals surface area contributed by atoms with Crippen molar-refractivity contribution in [1.29, 1.82) is 0 Å². The smallest absolute Gasteiger partial charge is 0.268 e. The Labute approximate surface area is 114 Å². The van der Waals surface area contributed by atoms with Crippen molar-refractivity contribution in [3.8, 4) is 0 Å². The summed E-state index contributed by atoms with van der Waals surface area (Å²) in [6, 6.07) is 11.1. The molecule has 0 radical (unpaired) electrons. The summed E-state index contributed by atoms with van der Waals surface area (Å²) in [6.07, 6.45) is 0. The Balaban J connectivity index is 2.41. The Morgan fingerprint density at radius 2 is 1.82 bits per heavy atom. The first-order valence-corrected chi connectivity index (χ1v) is 6.01. The Hall–Kier alpha value is -0.960. The molecule has 0 fully saturated rings. The molecule has 2 nitrogen and oxygen atoms in total. The number of nitrogens with zero attached hydrogens (tertiary/aromatic N) is 1. The van der Waals surface area contributed by atoms with Gasteiger partial charge in [0.05, 0.1) is 5.02 Å². The van der Waals surface area contributed by atoms with Crippen molar-refractivity contribution in [2.45, 2.75) is 6.54 Å². The second-order valence-corrected chi connectivity index (χ2v) is 4.62. The summed E-state index contributed by atoms with van der Waals surface area (Å²) in [4.78, 5) is 11.2. The SMILES string of the molecule is O=C(Cl)c1cc(Cl)c(Cl)n1Cc1ccccc1. The molecule has 17 heavy (non-hydrogen) atoms. The van der Waals surface area contributed by atoms with Crippen molar-refractivity contribution in [3.05, 3.63) is 57.8 Å². The lowest BCUT2D eigenvalue weighted by atomic mass is 10.2. The lowest BCUT2D eigenvalue weighted by molar-refractivity contribution is 0.107. The number of halogens is 3. The molecule has 1 aromatic heterocycles. The van der Waals surface area contributed by atoms with Crippen LogP contribution < -0.4 is 0 Å². The zero-order chi connectivity index (χ0) is 12.4. The van der Waals surface area contributed by atoms with Crippen LogP contribution in [0, 0.1) is 0 Å². The maximum Gasteiger partial charge on any atom is 0.268 e. The third kappa shape index (κ3) is 2.65. The maximum atomic E-state index is 11.2. The van der Waals surface area contributed by atoms with E-state index in [1.807, 2.05) is 30.3 Å². The van der Waals surface area contributed by atoms with Crippen LogP contribution in [0.3, 0.4) is 0 Å². The van der Waals surface area contributed by atoms with Crippen molar-refractivity contribution in [2.75, 3.05) is 0 Å². The van der Waals surface area contributed by atoms with E-state index in [4.69, 9.17) is 34.8 Å². The van der Waals surface area contributed by atoms with Crippen molar-refractivity contribution < 1.29 is 4.79 Å². The number of hydrogen-bond donors (Lipinski definition) is 0. The van der Waals surface area contributed by atoms with E-state index < -0.39 is 5.24 Å². The highest BCUT2D eigenvalue weighted by Crippen LogP contribution is 2.28. The van der Waals surface area contributed by atoms with Crippen LogP contribution in [0.15, 0.2) is 36.4 Å². The van der Waals surface area contributed by atoms with Gasteiger partial charge in [-0.15, -0.1) is 0 Å². The zero-order valence-corrected chi connectivity index (χ0v) is 10.9. The zero-order valence-electron chi connectivity index (χ0n) is 8.66. The van der Waals surface area contributed by atoms with Crippen LogP contribution in [0.2, 0.25) is 10.2 Å². The Kier molecular flexibility index (Phi) is 3.77. The first-order chi connectivity index (χ1) is 8.09. The predicted molar refractivity (Wildman–Crippen MR) is 70.2 cm³/mol. The van der Waals surface area contributed by atoms with Crippen LogP contribution in [-0.4, -0.2) is 9.81 Å². The molecular weight excluding hydrogens is 280 g/mol. The molecule has 2 rings (SSSR count). The van der Waals surface area contributed by atoms with Gasteiger partial charge in [-0.25, -0.2) is 0 Å². The summed E-state index contributed by atoms with van der Waals surface area (Å²) in [5, 5.41) is 0.0702. The Morgan fingerprint density at radius 1 is 1.18 bits per heavy atom. The minimum absolute atomic E-state index is 0.297. The van der Waals surface area contributed by atoms with E-state index in [1.54, 1.807) is 4.57 Å². The molecule has 0 spiro atoms. The number of hydrogen-bond acceptors (Lipinski definition) is 1. The molecule has 88 valence electrons. The molecule has 1 aromatic carbocycles. The maximum absolute atomic E-state index is 11.2. The predicted octanol–water partition coefficient (Wildman–Crippen LogP) is 4.22. The van der Waals surface area contributed by atoms with Crippen molar-refractivity contribution in [2.24, 2.45) is 0 Å². The Bertz CT molecular complexity index is 548. The molecule has 2 aromatic rings. The summed E-state index contributed by atoms with van der Waals surface area (Å²) < 4.78 is 1.59. The van der Waals surface area contributed by atoms with Crippen LogP contribution in [0.25, 0.3) is 0 Å². The van der Waals surface area contributed by atoms with Crippen LogP contribution in [0.4, 0.5) is 0 Å². The van der Waals surface area contributed by atoms with Crippen molar-refractivity contribution >= 4 is 40.0 Å². The molecule has 0 atom stereocenters. The van der Waals surface area contributed by atoms with E-state index >= 15 is 0 Å². The van der Waals surface area contributed by atoms with Crippen molar-refractivity contribution in [1.82, 2.24) is 4.57 Å². The van der Waals surface area contributed by atoms with E-state index in [0.717, 1.165) is 5.56 Å². The van der Waals surface area contributed by atoms with Gasteiger partial charge in [-0.3, -0.25) is 4.79 Å². The lowest BCUT2D eigenvalue weighted by Crippen LogP contribution is -2.06. The standard InChI is InChI=1S/C12H8Cl3NO/c13-9-6-10(12(15)17)16(11(9)14)7-8-4-2-1-3-5-8/h1-6H,7H2. The van der Waals surface area contributed by atoms with Crippen LogP contribution in [-0.2, 0) is 6.54 Å². The van der Waals surface area contributed by atoms with Crippen LogP contribution >= 0.6 is 34.8 Å². The normalized spacial score (nSPS) is 10.5. The first-order valence-electron chi connectivity index (χ1n) is 4.88. The first kappa shape index (κ1) is 12.5. The molecule has 0 amide bonds. The number of carbonyl (C=O) groups excluding carboxylic acids is 1. The Morgan fingerprint density at radius 3 is 2.41 bits per heavy atom. The van der Waals surface area contributed by atoms with Gasteiger partial charge in [-0.1, -0.05) is 53.5 Å². The van der Waals surface area contributed by atoms with Gasteiger partial charge in [-0.05, 0) is 23.2 Å². The highest BCUT2D eigenvalue weighted by molar-refractivity contribution is 6.67. The number of benzene rings is 1. The van der Waals surface area contributed by atoms with Crippen LogP contribution in [0.5, 0.6) is 0 Å². The lowest BCUT2D eigenvalue weighted by Gasteiger charge is -2.08. The van der Waals surface area contributed by atoms with Gasteiger partial charge in [-0.2, -0.15) is 0 Å². The minimum Gasteiger partial charge on any atom is -0.322 e. The van der Waals surface area contributed by atoms with E-state index in [0.29, 0.717) is 22.4 Å². The third-order valence-electron chi connectivity index (χ3n) is 2.37. The van der Waals surface area contributed by atoms with Gasteiger partial charge in [0.1, 0.15) is 10.8 Å². The topological polar surface area (TPSA) is 22.0 Å². The summed E-state index contributed by atoms with van der Waals surface area (Å²) in [7, 11) is 0. The van der Waals surface area contributed by atoms with Gasteiger partial charge in [0.15, 0.2) is 0 Å². The van der Waals surface area contributed by atoms with E-state index in [2.05, 4.69) is 0 Å². The molecule has 0 aliphatic carbocycles. The fraction of sp³-hybridized carbons (Fsp3) is 0.0833. The molecule has 0 aliphatic heterocycles. The highest BCUT2D eigenvalue weighted by atomic mass is 35.5. The summed E-state index contributed by atoms with van der Waals surface area (Å²) in [6.45, 7) is 0.459. The molecule has 0 bridgehead atoms. The molecular formula is C12H8Cl3NO. The molecule has 5 heteroatoms. The van der Waals surface area contributed by atoms with E-state index in [1.165, 1.54) is 6.07 Å². The molecule has 1 heterocycles. The summed E-state index contributed by atoms with van der Waals surface area (Å²) in [5.41, 5.74) is 1.31. The number of aromatic nitrogens is 1.